The summed E-state index contributed by atoms with van der Waals surface area (Å²) in [4.78, 5) is 34.0. The lowest BCUT2D eigenvalue weighted by Gasteiger charge is -2.14. The number of amides is 1. The molecule has 0 saturated carbocycles. The van der Waals surface area contributed by atoms with E-state index in [4.69, 9.17) is 5.11 Å². The van der Waals surface area contributed by atoms with Gasteiger partial charge >= 0.3 is 11.9 Å². The van der Waals surface area contributed by atoms with Crippen molar-refractivity contribution in [2.45, 2.75) is 39.2 Å². The number of aryl methyl sites for hydroxylation is 2. The van der Waals surface area contributed by atoms with Crippen molar-refractivity contribution in [2.24, 2.45) is 0 Å². The van der Waals surface area contributed by atoms with Gasteiger partial charge in [0.15, 0.2) is 0 Å². The van der Waals surface area contributed by atoms with E-state index in [0.717, 1.165) is 11.3 Å². The fourth-order valence-electron chi connectivity index (χ4n) is 1.86. The van der Waals surface area contributed by atoms with Gasteiger partial charge in [0.25, 0.3) is 0 Å². The minimum Gasteiger partial charge on any atom is -0.480 e. The topological polar surface area (TPSA) is 121 Å². The predicted molar refractivity (Wildman–Crippen MR) is 72.6 cm³/mol. The van der Waals surface area contributed by atoms with Gasteiger partial charge in [-0.15, -0.1) is 0 Å². The first-order chi connectivity index (χ1) is 9.85. The number of hydrogen-bond donors (Lipinski definition) is 3. The van der Waals surface area contributed by atoms with Crippen LogP contribution in [0.25, 0.3) is 0 Å². The summed E-state index contributed by atoms with van der Waals surface area (Å²) in [5, 5.41) is 18.2. The number of carbonyl (C=O) groups excluding carboxylic acids is 2. The number of aromatic amines is 1. The molecule has 8 nitrogen and oxygen atoms in total. The van der Waals surface area contributed by atoms with Crippen LogP contribution in [0.4, 0.5) is 0 Å². The Morgan fingerprint density at radius 2 is 2.05 bits per heavy atom. The van der Waals surface area contributed by atoms with Crippen LogP contribution >= 0.6 is 0 Å². The molecule has 0 aromatic carbocycles. The highest BCUT2D eigenvalue weighted by atomic mass is 16.5. The van der Waals surface area contributed by atoms with Gasteiger partial charge in [0.2, 0.25) is 5.91 Å². The number of nitrogens with one attached hydrogen (secondary N) is 2. The van der Waals surface area contributed by atoms with E-state index < -0.39 is 23.9 Å². The van der Waals surface area contributed by atoms with Gasteiger partial charge in [0.05, 0.1) is 19.2 Å². The zero-order valence-electron chi connectivity index (χ0n) is 12.2. The number of H-pyrrole nitrogens is 1. The zero-order chi connectivity index (χ0) is 16.0. The molecule has 3 N–H and O–H groups in total. The van der Waals surface area contributed by atoms with Crippen LogP contribution in [0, 0.1) is 13.8 Å². The second-order valence-corrected chi connectivity index (χ2v) is 4.66. The molecule has 1 heterocycles. The third-order valence-electron chi connectivity index (χ3n) is 3.12. The van der Waals surface area contributed by atoms with Crippen LogP contribution in [0.3, 0.4) is 0 Å². The van der Waals surface area contributed by atoms with E-state index in [9.17, 15) is 14.4 Å². The molecule has 0 spiro atoms. The first-order valence-electron chi connectivity index (χ1n) is 6.44. The van der Waals surface area contributed by atoms with Crippen LogP contribution < -0.4 is 5.32 Å². The third kappa shape index (κ3) is 4.90. The number of carboxylic acids is 1. The molecule has 8 heteroatoms. The summed E-state index contributed by atoms with van der Waals surface area (Å²) < 4.78 is 4.45. The summed E-state index contributed by atoms with van der Waals surface area (Å²) in [5.74, 6) is -2.13. The molecule has 1 amide bonds. The summed E-state index contributed by atoms with van der Waals surface area (Å²) in [7, 11) is 1.22. The number of hydrogen-bond acceptors (Lipinski definition) is 5. The van der Waals surface area contributed by atoms with Crippen molar-refractivity contribution in [1.29, 1.82) is 0 Å². The van der Waals surface area contributed by atoms with E-state index in [1.807, 2.05) is 0 Å². The quantitative estimate of drug-likeness (QED) is 0.613. The molecule has 0 unspecified atom stereocenters. The summed E-state index contributed by atoms with van der Waals surface area (Å²) >= 11 is 0. The number of aliphatic carboxylic acids is 1. The Kier molecular flexibility index (Phi) is 5.89. The van der Waals surface area contributed by atoms with Crippen molar-refractivity contribution in [3.8, 4) is 0 Å². The Labute approximate surface area is 121 Å². The number of nitrogens with zero attached hydrogens (tertiary/aromatic N) is 1. The van der Waals surface area contributed by atoms with E-state index in [-0.39, 0.29) is 19.3 Å². The Morgan fingerprint density at radius 1 is 1.38 bits per heavy atom. The monoisotopic (exact) mass is 297 g/mol. The average molecular weight is 297 g/mol. The molecule has 1 rings (SSSR count). The van der Waals surface area contributed by atoms with E-state index in [1.165, 1.54) is 7.11 Å². The van der Waals surface area contributed by atoms with Gasteiger partial charge in [-0.1, -0.05) is 0 Å². The van der Waals surface area contributed by atoms with Crippen LogP contribution in [-0.2, 0) is 25.5 Å². The number of ether oxygens (including phenoxy) is 1. The standard InChI is InChI=1S/C13H19N3O5/c1-7-9(8(2)16-15-7)6-11(17)14-10(13(19)20)4-5-12(18)21-3/h10H,4-6H2,1-3H3,(H,14,17)(H,15,16)(H,19,20)/t10-/m1/s1. The molecule has 1 aromatic rings. The van der Waals surface area contributed by atoms with Crippen LogP contribution in [-0.4, -0.2) is 46.3 Å². The van der Waals surface area contributed by atoms with Gasteiger partial charge in [-0.2, -0.15) is 5.10 Å². The van der Waals surface area contributed by atoms with Gasteiger partial charge in [-0.05, 0) is 20.3 Å². The van der Waals surface area contributed by atoms with E-state index in [1.54, 1.807) is 13.8 Å². The normalized spacial score (nSPS) is 11.8. The maximum Gasteiger partial charge on any atom is 0.326 e. The molecule has 0 radical (unpaired) electrons. The molecule has 0 saturated heterocycles. The Morgan fingerprint density at radius 3 is 2.52 bits per heavy atom. The molecular weight excluding hydrogens is 278 g/mol. The smallest absolute Gasteiger partial charge is 0.326 e. The lowest BCUT2D eigenvalue weighted by atomic mass is 10.1. The van der Waals surface area contributed by atoms with Gasteiger partial charge in [-0.3, -0.25) is 14.7 Å². The number of esters is 1. The molecule has 0 aliphatic rings. The SMILES string of the molecule is COC(=O)CC[C@@H](NC(=O)Cc1c(C)n[nH]c1C)C(=O)O. The molecule has 0 bridgehead atoms. The average Bonchev–Trinajstić information content (AvgIpc) is 2.74. The molecular formula is C13H19N3O5. The van der Waals surface area contributed by atoms with E-state index in [2.05, 4.69) is 20.3 Å². The largest absolute Gasteiger partial charge is 0.480 e. The fraction of sp³-hybridized carbons (Fsp3) is 0.538. The Balaban J connectivity index is 2.61. The third-order valence-corrected chi connectivity index (χ3v) is 3.12. The molecule has 0 aliphatic carbocycles. The van der Waals surface area contributed by atoms with Crippen molar-refractivity contribution >= 4 is 17.8 Å². The highest BCUT2D eigenvalue weighted by Gasteiger charge is 2.22. The first-order valence-corrected chi connectivity index (χ1v) is 6.44. The van der Waals surface area contributed by atoms with E-state index >= 15 is 0 Å². The molecule has 0 fully saturated rings. The molecule has 116 valence electrons. The Bertz CT molecular complexity index is 518. The van der Waals surface area contributed by atoms with Crippen LogP contribution in [0.2, 0.25) is 0 Å². The minimum atomic E-state index is -1.19. The lowest BCUT2D eigenvalue weighted by Crippen LogP contribution is -2.42. The van der Waals surface area contributed by atoms with Crippen molar-refractivity contribution < 1.29 is 24.2 Å². The number of carboxylic acid groups (broad SMARTS) is 1. The highest BCUT2D eigenvalue weighted by Crippen LogP contribution is 2.10. The van der Waals surface area contributed by atoms with Crippen molar-refractivity contribution in [3.63, 3.8) is 0 Å². The Hall–Kier alpha value is -2.38. The highest BCUT2D eigenvalue weighted by molar-refractivity contribution is 5.85. The van der Waals surface area contributed by atoms with Crippen LogP contribution in [0.1, 0.15) is 29.8 Å². The number of methoxy groups -OCH3 is 1. The number of carbonyl (C=O) groups is 3. The maximum absolute atomic E-state index is 11.9. The lowest BCUT2D eigenvalue weighted by molar-refractivity contribution is -0.144. The molecule has 1 atom stereocenters. The van der Waals surface area contributed by atoms with Crippen LogP contribution in [0.5, 0.6) is 0 Å². The summed E-state index contributed by atoms with van der Waals surface area (Å²) in [6.07, 6.45) is -0.0508. The van der Waals surface area contributed by atoms with Gasteiger partial charge in [0, 0.05) is 17.7 Å². The molecule has 21 heavy (non-hydrogen) atoms. The van der Waals surface area contributed by atoms with Crippen LogP contribution in [0.15, 0.2) is 0 Å². The number of aromatic nitrogens is 2. The fourth-order valence-corrected chi connectivity index (χ4v) is 1.86. The summed E-state index contributed by atoms with van der Waals surface area (Å²) in [6.45, 7) is 3.55. The second-order valence-electron chi connectivity index (χ2n) is 4.66. The maximum atomic E-state index is 11.9. The summed E-state index contributed by atoms with van der Waals surface area (Å²) in [5.41, 5.74) is 2.21. The van der Waals surface area contributed by atoms with E-state index in [0.29, 0.717) is 5.69 Å². The van der Waals surface area contributed by atoms with Crippen molar-refractivity contribution in [3.05, 3.63) is 17.0 Å². The predicted octanol–water partition coefficient (Wildman–Crippen LogP) is 0.0916. The molecule has 0 aliphatic heterocycles. The second kappa shape index (κ2) is 7.41. The van der Waals surface area contributed by atoms with Gasteiger partial charge in [0.1, 0.15) is 6.04 Å². The summed E-state index contributed by atoms with van der Waals surface area (Å²) in [6, 6.07) is -1.12. The van der Waals surface area contributed by atoms with Gasteiger partial charge < -0.3 is 15.2 Å². The first kappa shape index (κ1) is 16.7. The number of rotatable bonds is 7. The molecule has 1 aromatic heterocycles. The van der Waals surface area contributed by atoms with Crippen molar-refractivity contribution in [1.82, 2.24) is 15.5 Å². The van der Waals surface area contributed by atoms with Crippen molar-refractivity contribution in [2.75, 3.05) is 7.11 Å². The van der Waals surface area contributed by atoms with Gasteiger partial charge in [-0.25, -0.2) is 4.79 Å². The minimum absolute atomic E-state index is 0.0168. The zero-order valence-corrected chi connectivity index (χ0v) is 12.2.